The molecule has 4 nitrogen and oxygen atoms in total. The first-order chi connectivity index (χ1) is 5.61. The molecule has 13 heavy (non-hydrogen) atoms. The molecule has 0 aliphatic heterocycles. The quantitative estimate of drug-likeness (QED) is 0.545. The molecular weight excluding hydrogens is 200 g/mol. The summed E-state index contributed by atoms with van der Waals surface area (Å²) in [5.74, 6) is -2.67. The fourth-order valence-electron chi connectivity index (χ4n) is 0.742. The van der Waals surface area contributed by atoms with Crippen molar-refractivity contribution in [3.8, 4) is 0 Å². The van der Waals surface area contributed by atoms with E-state index >= 15 is 0 Å². The van der Waals surface area contributed by atoms with Crippen LogP contribution in [0.25, 0.3) is 0 Å². The van der Waals surface area contributed by atoms with E-state index in [1.807, 2.05) is 0 Å². The number of carbonyl (C=O) groups excluding carboxylic acids is 2. The van der Waals surface area contributed by atoms with Gasteiger partial charge in [-0.15, -0.1) is 0 Å². The maximum Gasteiger partial charge on any atom is 2.00 e. The van der Waals surface area contributed by atoms with Crippen molar-refractivity contribution in [1.82, 2.24) is 0 Å². The van der Waals surface area contributed by atoms with Crippen LogP contribution in [-0.2, 0) is 0 Å². The van der Waals surface area contributed by atoms with Crippen molar-refractivity contribution in [1.29, 1.82) is 0 Å². The summed E-state index contributed by atoms with van der Waals surface area (Å²) in [7, 11) is 0. The first kappa shape index (κ1) is 12.4. The first-order valence-corrected chi connectivity index (χ1v) is 3.14. The van der Waals surface area contributed by atoms with Crippen molar-refractivity contribution < 1.29 is 24.1 Å². The van der Waals surface area contributed by atoms with Crippen LogP contribution in [-0.4, -0.2) is 49.7 Å². The minimum absolute atomic E-state index is 0. The maximum absolute atomic E-state index is 10.2. The molecule has 0 radical (unpaired) electrons. The summed E-state index contributed by atoms with van der Waals surface area (Å²) in [6, 6.07) is 4.61. The second-order valence-electron chi connectivity index (χ2n) is 2.15. The Morgan fingerprint density at radius 2 is 1.15 bits per heavy atom. The van der Waals surface area contributed by atoms with Gasteiger partial charge in [0.1, 0.15) is 0 Å². The molecule has 0 bridgehead atoms. The number of benzene rings is 1. The third kappa shape index (κ3) is 3.34. The van der Waals surface area contributed by atoms with Crippen LogP contribution in [0.15, 0.2) is 24.3 Å². The van der Waals surface area contributed by atoms with E-state index in [4.69, 9.17) is 0 Å². The zero-order valence-corrected chi connectivity index (χ0v) is 8.86. The summed E-state index contributed by atoms with van der Waals surface area (Å²) in [5, 5.41) is 20.4. The van der Waals surface area contributed by atoms with Crippen LogP contribution in [0.3, 0.4) is 0 Å². The molecule has 0 N–H and O–H groups in total. The molecule has 0 unspecified atom stereocenters. The van der Waals surface area contributed by atoms with Gasteiger partial charge in [0, 0.05) is 0 Å². The SMILES string of the molecule is O=C([O-])c1ccc(C(=O)[O-])cc1.[Ca+2].[H-].[H-].[H-]. The Bertz CT molecular complexity index is 296. The van der Waals surface area contributed by atoms with Gasteiger partial charge in [-0.25, -0.2) is 0 Å². The van der Waals surface area contributed by atoms with Gasteiger partial charge in [0.25, 0.3) is 0 Å². The van der Waals surface area contributed by atoms with Crippen LogP contribution in [0.1, 0.15) is 25.0 Å². The van der Waals surface area contributed by atoms with E-state index in [1.54, 1.807) is 0 Å². The number of hydrogen-bond acceptors (Lipinski definition) is 4. The molecule has 1 rings (SSSR count). The molecule has 0 saturated carbocycles. The molecule has 0 fully saturated rings. The normalized spacial score (nSPS) is 8.62. The Hall–Kier alpha value is -0.580. The monoisotopic (exact) mass is 207 g/mol. The molecule has 0 atom stereocenters. The Kier molecular flexibility index (Phi) is 4.98. The Balaban J connectivity index is -0.000000180. The summed E-state index contributed by atoms with van der Waals surface area (Å²) in [6.45, 7) is 0. The Labute approximate surface area is 109 Å². The topological polar surface area (TPSA) is 80.3 Å². The summed E-state index contributed by atoms with van der Waals surface area (Å²) < 4.78 is 0. The third-order valence-electron chi connectivity index (χ3n) is 1.36. The zero-order chi connectivity index (χ0) is 9.14. The minimum atomic E-state index is -1.33. The maximum atomic E-state index is 10.2. The summed E-state index contributed by atoms with van der Waals surface area (Å²) in [6.07, 6.45) is 0. The van der Waals surface area contributed by atoms with E-state index in [0.29, 0.717) is 0 Å². The van der Waals surface area contributed by atoms with Gasteiger partial charge < -0.3 is 24.1 Å². The van der Waals surface area contributed by atoms with E-state index in [2.05, 4.69) is 0 Å². The van der Waals surface area contributed by atoms with Crippen molar-refractivity contribution in [3.63, 3.8) is 0 Å². The molecule has 0 heterocycles. The van der Waals surface area contributed by atoms with Crippen LogP contribution in [0, 0.1) is 0 Å². The van der Waals surface area contributed by atoms with Gasteiger partial charge in [0.05, 0.1) is 11.9 Å². The summed E-state index contributed by atoms with van der Waals surface area (Å²) in [5.41, 5.74) is -0.111. The molecule has 0 saturated heterocycles. The standard InChI is InChI=1S/C8H6O4.Ca.3H/c9-7(10)5-1-2-6(4-3-5)8(11)12;;;;/h1-4H,(H,9,10)(H,11,12);;;;/q;+2;3*-1/p-2. The van der Waals surface area contributed by atoms with Crippen LogP contribution in [0.2, 0.25) is 0 Å². The fraction of sp³-hybridized carbons (Fsp3) is 0. The summed E-state index contributed by atoms with van der Waals surface area (Å²) >= 11 is 0. The second kappa shape index (κ2) is 5.21. The number of aromatic carboxylic acids is 2. The first-order valence-electron chi connectivity index (χ1n) is 3.14. The minimum Gasteiger partial charge on any atom is -1.00 e. The van der Waals surface area contributed by atoms with Gasteiger partial charge in [0.2, 0.25) is 0 Å². The van der Waals surface area contributed by atoms with Gasteiger partial charge in [-0.2, -0.15) is 0 Å². The molecule has 1 aromatic rings. The van der Waals surface area contributed by atoms with Crippen LogP contribution in [0.5, 0.6) is 0 Å². The molecule has 0 aliphatic carbocycles. The molecule has 5 heteroatoms. The molecule has 0 aliphatic rings. The molecular formula is C8H7CaO4-3. The van der Waals surface area contributed by atoms with E-state index in [9.17, 15) is 19.8 Å². The second-order valence-corrected chi connectivity index (χ2v) is 2.15. The van der Waals surface area contributed by atoms with Gasteiger partial charge in [-0.1, -0.05) is 24.3 Å². The Morgan fingerprint density at radius 1 is 0.923 bits per heavy atom. The number of rotatable bonds is 2. The van der Waals surface area contributed by atoms with E-state index in [-0.39, 0.29) is 53.1 Å². The van der Waals surface area contributed by atoms with Crippen molar-refractivity contribution in [2.24, 2.45) is 0 Å². The molecule has 68 valence electrons. The number of carboxylic acids is 2. The summed E-state index contributed by atoms with van der Waals surface area (Å²) in [4.78, 5) is 20.4. The third-order valence-corrected chi connectivity index (χ3v) is 1.36. The zero-order valence-electron chi connectivity index (χ0n) is 9.65. The van der Waals surface area contributed by atoms with Crippen LogP contribution >= 0.6 is 0 Å². The van der Waals surface area contributed by atoms with Gasteiger partial charge in [0.15, 0.2) is 0 Å². The van der Waals surface area contributed by atoms with Gasteiger partial charge >= 0.3 is 37.7 Å². The Morgan fingerprint density at radius 3 is 1.31 bits per heavy atom. The predicted octanol–water partition coefficient (Wildman–Crippen LogP) is -1.63. The average molecular weight is 207 g/mol. The molecule has 0 aromatic heterocycles. The van der Waals surface area contributed by atoms with E-state index in [1.165, 1.54) is 0 Å². The van der Waals surface area contributed by atoms with Crippen LogP contribution < -0.4 is 10.2 Å². The van der Waals surface area contributed by atoms with E-state index in [0.717, 1.165) is 24.3 Å². The number of carbonyl (C=O) groups is 2. The van der Waals surface area contributed by atoms with Gasteiger partial charge in [-0.3, -0.25) is 0 Å². The van der Waals surface area contributed by atoms with E-state index < -0.39 is 11.9 Å². The van der Waals surface area contributed by atoms with Crippen molar-refractivity contribution in [2.75, 3.05) is 0 Å². The van der Waals surface area contributed by atoms with Crippen molar-refractivity contribution >= 4 is 49.7 Å². The fourth-order valence-corrected chi connectivity index (χ4v) is 0.742. The molecule has 0 amide bonds. The van der Waals surface area contributed by atoms with Crippen molar-refractivity contribution in [2.45, 2.75) is 0 Å². The molecule has 1 aromatic carbocycles. The van der Waals surface area contributed by atoms with Crippen molar-refractivity contribution in [3.05, 3.63) is 35.4 Å². The molecule has 0 spiro atoms. The average Bonchev–Trinajstić information content (AvgIpc) is 2.04. The predicted molar refractivity (Wildman–Crippen MR) is 44.2 cm³/mol. The van der Waals surface area contributed by atoms with Crippen LogP contribution in [0.4, 0.5) is 0 Å². The smallest absolute Gasteiger partial charge is 1.00 e. The van der Waals surface area contributed by atoms with Gasteiger partial charge in [-0.05, 0) is 11.1 Å². The number of carboxylic acid groups (broad SMARTS) is 2. The largest absolute Gasteiger partial charge is 2.00 e. The number of hydrogen-bond donors (Lipinski definition) is 0.